The highest BCUT2D eigenvalue weighted by molar-refractivity contribution is 6.30. The van der Waals surface area contributed by atoms with Crippen LogP contribution >= 0.6 is 11.6 Å². The molecule has 0 unspecified atom stereocenters. The summed E-state index contributed by atoms with van der Waals surface area (Å²) < 4.78 is 0. The maximum Gasteiger partial charge on any atom is 0.239 e. The van der Waals surface area contributed by atoms with E-state index in [0.29, 0.717) is 17.5 Å². The van der Waals surface area contributed by atoms with E-state index < -0.39 is 0 Å². The lowest BCUT2D eigenvalue weighted by Crippen LogP contribution is -2.29. The summed E-state index contributed by atoms with van der Waals surface area (Å²) in [6, 6.07) is 15.6. The first-order chi connectivity index (χ1) is 10.5. The van der Waals surface area contributed by atoms with E-state index in [0.717, 1.165) is 11.3 Å². The Morgan fingerprint density at radius 3 is 2.27 bits per heavy atom. The van der Waals surface area contributed by atoms with Crippen LogP contribution in [0, 0.1) is 0 Å². The molecule has 0 aliphatic heterocycles. The average Bonchev–Trinajstić information content (AvgIpc) is 2.52. The molecule has 0 aliphatic rings. The number of hydrogen-bond acceptors (Lipinski definition) is 2. The summed E-state index contributed by atoms with van der Waals surface area (Å²) in [7, 11) is 0. The van der Waals surface area contributed by atoms with Crippen molar-refractivity contribution in [2.24, 2.45) is 0 Å². The average molecular weight is 317 g/mol. The fraction of sp³-hybridized carbons (Fsp3) is 0.278. The summed E-state index contributed by atoms with van der Waals surface area (Å²) in [6.07, 6.45) is 0. The van der Waals surface area contributed by atoms with Crippen LogP contribution in [-0.2, 0) is 11.3 Å². The molecule has 0 spiro atoms. The second-order valence-electron chi connectivity index (χ2n) is 5.53. The highest BCUT2D eigenvalue weighted by Crippen LogP contribution is 2.16. The molecule has 2 aromatic rings. The fourth-order valence-electron chi connectivity index (χ4n) is 2.03. The zero-order valence-corrected chi connectivity index (χ0v) is 13.7. The van der Waals surface area contributed by atoms with Crippen LogP contribution in [0.1, 0.15) is 30.9 Å². The monoisotopic (exact) mass is 316 g/mol. The summed E-state index contributed by atoms with van der Waals surface area (Å²) >= 11 is 5.83. The molecular weight excluding hydrogens is 296 g/mol. The van der Waals surface area contributed by atoms with E-state index in [1.807, 2.05) is 36.4 Å². The van der Waals surface area contributed by atoms with Crippen molar-refractivity contribution in [1.29, 1.82) is 0 Å². The lowest BCUT2D eigenvalue weighted by atomic mass is 10.0. The Bertz CT molecular complexity index is 606. The van der Waals surface area contributed by atoms with Gasteiger partial charge in [0.2, 0.25) is 5.91 Å². The largest absolute Gasteiger partial charge is 0.376 e. The Hall–Kier alpha value is -2.00. The van der Waals surface area contributed by atoms with Gasteiger partial charge in [0, 0.05) is 17.3 Å². The molecule has 2 N–H and O–H groups in total. The minimum absolute atomic E-state index is 0.0390. The van der Waals surface area contributed by atoms with E-state index in [1.54, 1.807) is 0 Å². The van der Waals surface area contributed by atoms with Crippen molar-refractivity contribution >= 4 is 23.2 Å². The Labute approximate surface area is 136 Å². The summed E-state index contributed by atoms with van der Waals surface area (Å²) in [4.78, 5) is 11.8. The Kier molecular flexibility index (Phi) is 5.84. The Balaban J connectivity index is 1.76. The lowest BCUT2D eigenvalue weighted by molar-refractivity contribution is -0.119. The molecule has 0 aliphatic carbocycles. The second kappa shape index (κ2) is 7.85. The molecule has 0 fully saturated rings. The summed E-state index contributed by atoms with van der Waals surface area (Å²) in [5.41, 5.74) is 3.27. The third-order valence-corrected chi connectivity index (χ3v) is 3.69. The number of hydrogen-bond donors (Lipinski definition) is 2. The van der Waals surface area contributed by atoms with Gasteiger partial charge in [-0.1, -0.05) is 49.7 Å². The van der Waals surface area contributed by atoms with Crippen LogP contribution in [0.5, 0.6) is 0 Å². The quantitative estimate of drug-likeness (QED) is 0.839. The van der Waals surface area contributed by atoms with Crippen molar-refractivity contribution < 1.29 is 4.79 Å². The molecule has 116 valence electrons. The van der Waals surface area contributed by atoms with Gasteiger partial charge in [0.1, 0.15) is 0 Å². The third kappa shape index (κ3) is 5.08. The van der Waals surface area contributed by atoms with Gasteiger partial charge in [-0.2, -0.15) is 0 Å². The molecule has 0 heterocycles. The van der Waals surface area contributed by atoms with E-state index >= 15 is 0 Å². The molecule has 0 radical (unpaired) electrons. The summed E-state index contributed by atoms with van der Waals surface area (Å²) in [5.74, 6) is 0.472. The van der Waals surface area contributed by atoms with Gasteiger partial charge in [0.15, 0.2) is 0 Å². The molecule has 0 bridgehead atoms. The Morgan fingerprint density at radius 2 is 1.68 bits per heavy atom. The summed E-state index contributed by atoms with van der Waals surface area (Å²) in [6.45, 7) is 5.08. The fourth-order valence-corrected chi connectivity index (χ4v) is 2.16. The van der Waals surface area contributed by atoms with Gasteiger partial charge in [0.25, 0.3) is 0 Å². The minimum atomic E-state index is -0.0390. The van der Waals surface area contributed by atoms with E-state index in [-0.39, 0.29) is 12.5 Å². The lowest BCUT2D eigenvalue weighted by Gasteiger charge is -2.10. The first-order valence-electron chi connectivity index (χ1n) is 7.39. The first kappa shape index (κ1) is 16.4. The van der Waals surface area contributed by atoms with E-state index in [9.17, 15) is 4.79 Å². The Morgan fingerprint density at radius 1 is 1.05 bits per heavy atom. The topological polar surface area (TPSA) is 41.1 Å². The van der Waals surface area contributed by atoms with Gasteiger partial charge < -0.3 is 10.6 Å². The van der Waals surface area contributed by atoms with Crippen LogP contribution in [0.2, 0.25) is 5.02 Å². The predicted octanol–water partition coefficient (Wildman–Crippen LogP) is 4.19. The molecule has 3 nitrogen and oxygen atoms in total. The first-order valence-corrected chi connectivity index (χ1v) is 7.77. The van der Waals surface area contributed by atoms with Crippen LogP contribution in [0.3, 0.4) is 0 Å². The molecule has 0 saturated heterocycles. The number of carbonyl (C=O) groups is 1. The van der Waals surface area contributed by atoms with Crippen molar-refractivity contribution in [3.05, 3.63) is 64.7 Å². The molecule has 2 aromatic carbocycles. The second-order valence-corrected chi connectivity index (χ2v) is 5.97. The predicted molar refractivity (Wildman–Crippen MR) is 92.3 cm³/mol. The van der Waals surface area contributed by atoms with Crippen LogP contribution < -0.4 is 10.6 Å². The van der Waals surface area contributed by atoms with E-state index in [2.05, 4.69) is 36.6 Å². The molecule has 0 atom stereocenters. The van der Waals surface area contributed by atoms with Crippen molar-refractivity contribution in [3.63, 3.8) is 0 Å². The zero-order chi connectivity index (χ0) is 15.9. The molecule has 0 aromatic heterocycles. The van der Waals surface area contributed by atoms with Crippen LogP contribution in [-0.4, -0.2) is 12.5 Å². The van der Waals surface area contributed by atoms with Gasteiger partial charge in [-0.3, -0.25) is 4.79 Å². The molecule has 1 amide bonds. The number of anilines is 1. The van der Waals surface area contributed by atoms with Crippen LogP contribution in [0.15, 0.2) is 48.5 Å². The van der Waals surface area contributed by atoms with E-state index in [1.165, 1.54) is 5.56 Å². The van der Waals surface area contributed by atoms with Gasteiger partial charge in [-0.05, 0) is 41.3 Å². The van der Waals surface area contributed by atoms with Gasteiger partial charge in [-0.25, -0.2) is 0 Å². The highest BCUT2D eigenvalue weighted by atomic mass is 35.5. The number of rotatable bonds is 6. The maximum atomic E-state index is 11.8. The third-order valence-electron chi connectivity index (χ3n) is 3.43. The molecule has 2 rings (SSSR count). The van der Waals surface area contributed by atoms with Crippen molar-refractivity contribution in [1.82, 2.24) is 5.32 Å². The highest BCUT2D eigenvalue weighted by Gasteiger charge is 2.03. The number of nitrogens with one attached hydrogen (secondary N) is 2. The minimum Gasteiger partial charge on any atom is -0.376 e. The van der Waals surface area contributed by atoms with Gasteiger partial charge in [0.05, 0.1) is 6.54 Å². The number of halogens is 1. The van der Waals surface area contributed by atoms with Crippen molar-refractivity contribution in [3.8, 4) is 0 Å². The molecule has 22 heavy (non-hydrogen) atoms. The normalized spacial score (nSPS) is 10.5. The van der Waals surface area contributed by atoms with Crippen molar-refractivity contribution in [2.45, 2.75) is 26.3 Å². The van der Waals surface area contributed by atoms with Crippen LogP contribution in [0.25, 0.3) is 0 Å². The number of amides is 1. The van der Waals surface area contributed by atoms with Crippen LogP contribution in [0.4, 0.5) is 5.69 Å². The smallest absolute Gasteiger partial charge is 0.239 e. The number of benzene rings is 2. The number of carbonyl (C=O) groups excluding carboxylic acids is 1. The zero-order valence-electron chi connectivity index (χ0n) is 12.9. The van der Waals surface area contributed by atoms with Crippen molar-refractivity contribution in [2.75, 3.05) is 11.9 Å². The maximum absolute atomic E-state index is 11.8. The van der Waals surface area contributed by atoms with Gasteiger partial charge >= 0.3 is 0 Å². The summed E-state index contributed by atoms with van der Waals surface area (Å²) in [5, 5.41) is 6.69. The molecule has 0 saturated carbocycles. The SMILES string of the molecule is CC(C)c1ccc(NCC(=O)NCc2ccc(Cl)cc2)cc1. The molecule has 4 heteroatoms. The van der Waals surface area contributed by atoms with Gasteiger partial charge in [-0.15, -0.1) is 0 Å². The van der Waals surface area contributed by atoms with E-state index in [4.69, 9.17) is 11.6 Å². The molecular formula is C18H21ClN2O. The standard InChI is InChI=1S/C18H21ClN2O/c1-13(2)15-5-9-17(10-6-15)20-12-18(22)21-11-14-3-7-16(19)8-4-14/h3-10,13,20H,11-12H2,1-2H3,(H,21,22).